The molecule has 0 spiro atoms. The molecule has 3 atom stereocenters. The minimum atomic E-state index is -1.20. The summed E-state index contributed by atoms with van der Waals surface area (Å²) >= 11 is 0. The van der Waals surface area contributed by atoms with Gasteiger partial charge in [-0.05, 0) is 44.3 Å². The van der Waals surface area contributed by atoms with Gasteiger partial charge in [0.2, 0.25) is 11.8 Å². The average Bonchev–Trinajstić information content (AvgIpc) is 3.37. The summed E-state index contributed by atoms with van der Waals surface area (Å²) in [6, 6.07) is -0.871. The second-order valence-corrected chi connectivity index (χ2v) is 9.79. The van der Waals surface area contributed by atoms with Gasteiger partial charge in [-0.25, -0.2) is 9.59 Å². The molecule has 0 saturated carbocycles. The van der Waals surface area contributed by atoms with Gasteiger partial charge in [-0.15, -0.1) is 0 Å². The van der Waals surface area contributed by atoms with E-state index < -0.39 is 12.0 Å². The molecule has 5 rings (SSSR count). The van der Waals surface area contributed by atoms with Gasteiger partial charge in [0.05, 0.1) is 12.6 Å². The molecule has 0 aromatic heterocycles. The van der Waals surface area contributed by atoms with Crippen LogP contribution in [-0.4, -0.2) is 105 Å². The molecule has 0 unspecified atom stereocenters. The van der Waals surface area contributed by atoms with Crippen molar-refractivity contribution >= 4 is 29.8 Å². The maximum atomic E-state index is 13.2. The number of hydrogen-bond acceptors (Lipinski definition) is 6. The third-order valence-corrected chi connectivity index (χ3v) is 7.93. The van der Waals surface area contributed by atoms with Crippen molar-refractivity contribution < 1.29 is 64.8 Å². The van der Waals surface area contributed by atoms with Crippen LogP contribution >= 0.6 is 0 Å². The summed E-state index contributed by atoms with van der Waals surface area (Å²) in [6.07, 6.45) is 3.56. The van der Waals surface area contributed by atoms with Gasteiger partial charge < -0.3 is 26.0 Å². The maximum absolute atomic E-state index is 13.2. The predicted octanol–water partition coefficient (Wildman–Crippen LogP) is -2.32. The van der Waals surface area contributed by atoms with E-state index in [0.29, 0.717) is 69.6 Å². The van der Waals surface area contributed by atoms with Gasteiger partial charge in [0.15, 0.2) is 0 Å². The van der Waals surface area contributed by atoms with Gasteiger partial charge in [-0.2, -0.15) is 0 Å². The van der Waals surface area contributed by atoms with Crippen LogP contribution < -0.4 is 29.6 Å². The van der Waals surface area contributed by atoms with Crippen molar-refractivity contribution in [3.63, 3.8) is 0 Å². The first kappa shape index (κ1) is 26.7. The molecule has 5 heterocycles. The van der Waals surface area contributed by atoms with Gasteiger partial charge in [0, 0.05) is 50.6 Å². The third kappa shape index (κ3) is 4.24. The van der Waals surface area contributed by atoms with Gasteiger partial charge >= 0.3 is 41.6 Å². The van der Waals surface area contributed by atoms with E-state index in [1.165, 1.54) is 16.7 Å². The second kappa shape index (κ2) is 10.2. The number of piperidine rings is 1. The summed E-state index contributed by atoms with van der Waals surface area (Å²) in [5, 5.41) is 9.92. The smallest absolute Gasteiger partial charge is 1.00 e. The number of carbonyl (C=O) groups excluding carboxylic acids is 4. The quantitative estimate of drug-likeness (QED) is 0.256. The number of rotatable bonds is 4. The molecule has 5 aliphatic heterocycles. The van der Waals surface area contributed by atoms with Crippen LogP contribution in [0.15, 0.2) is 22.9 Å². The van der Waals surface area contributed by atoms with E-state index in [1.807, 2.05) is 4.90 Å². The molecular formula is C24H31N4NaO7. The van der Waals surface area contributed by atoms with Gasteiger partial charge in [0.1, 0.15) is 11.7 Å². The summed E-state index contributed by atoms with van der Waals surface area (Å²) in [5.41, 5.74) is 0.939. The fourth-order valence-electron chi connectivity index (χ4n) is 6.33. The first-order valence-electron chi connectivity index (χ1n) is 12.2. The average molecular weight is 511 g/mol. The Kier molecular flexibility index (Phi) is 7.55. The zero-order valence-corrected chi connectivity index (χ0v) is 22.9. The minimum absolute atomic E-state index is 0. The van der Waals surface area contributed by atoms with E-state index in [2.05, 4.69) is 0 Å². The normalized spacial score (nSPS) is 28.8. The van der Waals surface area contributed by atoms with Crippen molar-refractivity contribution in [1.29, 1.82) is 0 Å². The van der Waals surface area contributed by atoms with Gasteiger partial charge in [0.25, 0.3) is 5.91 Å². The Bertz CT molecular complexity index is 1070. The van der Waals surface area contributed by atoms with E-state index in [4.69, 9.17) is 4.74 Å². The van der Waals surface area contributed by atoms with Crippen LogP contribution in [-0.2, 0) is 23.9 Å². The molecule has 5 aliphatic rings. The fourth-order valence-corrected chi connectivity index (χ4v) is 6.33. The molecule has 12 heteroatoms. The monoisotopic (exact) mass is 510 g/mol. The van der Waals surface area contributed by atoms with Crippen LogP contribution in [0.25, 0.3) is 0 Å². The fraction of sp³-hybridized carbons (Fsp3) is 0.625. The molecule has 4 amide bonds. The Morgan fingerprint density at radius 3 is 2.47 bits per heavy atom. The number of β-lactam (4-membered cyclic amide) rings is 1. The van der Waals surface area contributed by atoms with Crippen LogP contribution in [0, 0.1) is 5.92 Å². The summed E-state index contributed by atoms with van der Waals surface area (Å²) in [5.74, 6) is -1.92. The van der Waals surface area contributed by atoms with Gasteiger partial charge in [-0.3, -0.25) is 19.3 Å². The minimum Gasteiger partial charge on any atom is -1.00 e. The molecule has 11 nitrogen and oxygen atoms in total. The van der Waals surface area contributed by atoms with Crippen LogP contribution in [0.5, 0.6) is 0 Å². The number of allylic oxidation sites excluding steroid dienone is 2. The number of aliphatic carboxylic acids is 1. The zero-order valence-electron chi connectivity index (χ0n) is 21.9. The summed E-state index contributed by atoms with van der Waals surface area (Å²) in [7, 11) is 0. The van der Waals surface area contributed by atoms with Crippen LogP contribution in [0.1, 0.15) is 41.0 Å². The number of ether oxygens (including phenoxy) is 1. The molecule has 0 bridgehead atoms. The molecule has 0 aromatic rings. The first-order valence-corrected chi connectivity index (χ1v) is 12.2. The van der Waals surface area contributed by atoms with E-state index in [1.54, 1.807) is 17.9 Å². The van der Waals surface area contributed by atoms with E-state index in [9.17, 15) is 29.1 Å². The van der Waals surface area contributed by atoms with E-state index >= 15 is 0 Å². The number of likely N-dealkylation sites (tertiary alicyclic amines) is 3. The molecule has 190 valence electrons. The van der Waals surface area contributed by atoms with Crippen molar-refractivity contribution in [2.75, 3.05) is 32.8 Å². The number of hydrogen-bond donors (Lipinski definition) is 1. The molecule has 4 fully saturated rings. The zero-order chi connectivity index (χ0) is 25.0. The Morgan fingerprint density at radius 2 is 1.86 bits per heavy atom. The Balaban J connectivity index is 0.00000190. The van der Waals surface area contributed by atoms with Crippen molar-refractivity contribution in [3.05, 3.63) is 22.9 Å². The molecule has 4 saturated heterocycles. The van der Waals surface area contributed by atoms with Gasteiger partial charge in [-0.1, -0.05) is 0 Å². The first-order chi connectivity index (χ1) is 16.7. The second-order valence-electron chi connectivity index (χ2n) is 9.79. The number of amides is 4. The molecule has 0 aromatic carbocycles. The third-order valence-electron chi connectivity index (χ3n) is 7.93. The summed E-state index contributed by atoms with van der Waals surface area (Å²) < 4.78 is 5.06. The summed E-state index contributed by atoms with van der Waals surface area (Å²) in [4.78, 5) is 68.5. The van der Waals surface area contributed by atoms with Crippen molar-refractivity contribution in [2.45, 2.75) is 57.7 Å². The van der Waals surface area contributed by atoms with Crippen molar-refractivity contribution in [3.8, 4) is 0 Å². The number of carbonyl (C=O) groups is 5. The Morgan fingerprint density at radius 1 is 1.17 bits per heavy atom. The largest absolute Gasteiger partial charge is 1.00 e. The molecule has 36 heavy (non-hydrogen) atoms. The molecular weight excluding hydrogens is 479 g/mol. The van der Waals surface area contributed by atoms with E-state index in [-0.39, 0.29) is 78.5 Å². The Hall–Kier alpha value is -2.37. The topological polar surface area (TPSA) is 128 Å². The van der Waals surface area contributed by atoms with Crippen LogP contribution in [0.2, 0.25) is 0 Å². The summed E-state index contributed by atoms with van der Waals surface area (Å²) in [6.45, 7) is 5.50. The Labute approximate surface area is 232 Å². The van der Waals surface area contributed by atoms with Crippen LogP contribution in [0.4, 0.5) is 4.79 Å². The maximum Gasteiger partial charge on any atom is 1.00 e. The molecule has 1 N–H and O–H groups in total. The van der Waals surface area contributed by atoms with E-state index in [0.717, 1.165) is 0 Å². The number of carboxylic acids is 1. The predicted molar refractivity (Wildman–Crippen MR) is 122 cm³/mol. The van der Waals surface area contributed by atoms with Crippen LogP contribution in [0.3, 0.4) is 0 Å². The SMILES string of the molecule is CCOC(=O)N1CCC(N2CC/C(=C\C3=C(C(=O)O)N4C(=O)[C@@H]5[C@H]4[C@H](C3)CN5C(C)=O)C2=O)CC1.[H-].[Na+]. The number of carboxylic acid groups (broad SMARTS) is 1. The molecule has 0 radical (unpaired) electrons. The van der Waals surface area contributed by atoms with Crippen molar-refractivity contribution in [2.24, 2.45) is 5.92 Å². The standard InChI is InChI=1S/C24H30N4O7.Na.H/c1-3-35-24(34)25-7-5-17(6-8-25)26-9-4-14(21(26)30)10-15-11-16-12-27(13(2)29)20-18(16)28(22(20)31)19(15)23(32)33;;/h10,16-18,20H,3-9,11-12H2,1-2H3,(H,32,33);;/q;+1;-1/b14-10+;;/t16-,18-,20+;;/m1../s1. The number of nitrogens with zero attached hydrogens (tertiary/aromatic N) is 4. The molecule has 0 aliphatic carbocycles. The van der Waals surface area contributed by atoms with Crippen molar-refractivity contribution in [1.82, 2.24) is 19.6 Å².